The van der Waals surface area contributed by atoms with E-state index in [4.69, 9.17) is 4.74 Å². The molecule has 0 radical (unpaired) electrons. The quantitative estimate of drug-likeness (QED) is 0.453. The highest BCUT2D eigenvalue weighted by atomic mass is 16.5. The number of esters is 1. The van der Waals surface area contributed by atoms with E-state index < -0.39 is 36.8 Å². The second kappa shape index (κ2) is 8.47. The number of nitrogens with zero attached hydrogens (tertiary/aromatic N) is 1. The number of amides is 3. The maximum atomic E-state index is 12.4. The number of Topliss-reactive ketones (excluding diaryl/α,β-unsaturated/α-hetero) is 1. The topological polar surface area (TPSA) is 110 Å². The molecule has 8 heteroatoms. The van der Waals surface area contributed by atoms with Crippen LogP contribution in [0, 0.1) is 0 Å². The van der Waals surface area contributed by atoms with Gasteiger partial charge in [-0.25, -0.2) is 0 Å². The van der Waals surface area contributed by atoms with Crippen molar-refractivity contribution < 1.29 is 28.7 Å². The molecule has 2 aromatic carbocycles. The van der Waals surface area contributed by atoms with Crippen molar-refractivity contribution in [3.05, 3.63) is 65.2 Å². The minimum Gasteiger partial charge on any atom is -0.454 e. The zero-order valence-electron chi connectivity index (χ0n) is 15.6. The molecule has 29 heavy (non-hydrogen) atoms. The molecule has 3 rings (SSSR count). The van der Waals surface area contributed by atoms with Crippen LogP contribution in [0.2, 0.25) is 0 Å². The Morgan fingerprint density at radius 1 is 1.03 bits per heavy atom. The molecule has 8 nitrogen and oxygen atoms in total. The molecule has 1 aliphatic rings. The van der Waals surface area contributed by atoms with Gasteiger partial charge in [0.25, 0.3) is 11.8 Å². The van der Waals surface area contributed by atoms with Gasteiger partial charge in [0.15, 0.2) is 12.4 Å². The number of imide groups is 1. The zero-order valence-corrected chi connectivity index (χ0v) is 15.6. The lowest BCUT2D eigenvalue weighted by molar-refractivity contribution is -0.150. The lowest BCUT2D eigenvalue weighted by atomic mass is 9.98. The Kier molecular flexibility index (Phi) is 5.82. The smallest absolute Gasteiger partial charge is 0.326 e. The largest absolute Gasteiger partial charge is 0.454 e. The zero-order chi connectivity index (χ0) is 21.0. The minimum atomic E-state index is -0.867. The first-order valence-corrected chi connectivity index (χ1v) is 8.84. The second-order valence-electron chi connectivity index (χ2n) is 6.46. The van der Waals surface area contributed by atoms with Crippen molar-refractivity contribution in [2.75, 3.05) is 18.5 Å². The Hall–Kier alpha value is -3.81. The Bertz CT molecular complexity index is 996. The SMILES string of the molecule is CC(=O)c1ccc(NC(=O)COC(=O)CN2C(=O)Cc3ccccc3C2=O)cc1. The number of carbonyl (C=O) groups is 5. The number of fused-ring (bicyclic) bond motifs is 1. The van der Waals surface area contributed by atoms with Crippen LogP contribution in [0.25, 0.3) is 0 Å². The Labute approximate surface area is 166 Å². The molecule has 1 heterocycles. The molecular formula is C21H18N2O6. The molecule has 1 N–H and O–H groups in total. The van der Waals surface area contributed by atoms with E-state index in [1.807, 2.05) is 0 Å². The van der Waals surface area contributed by atoms with Crippen molar-refractivity contribution in [2.24, 2.45) is 0 Å². The van der Waals surface area contributed by atoms with Gasteiger partial charge in [0.1, 0.15) is 6.54 Å². The summed E-state index contributed by atoms with van der Waals surface area (Å²) in [6, 6.07) is 12.9. The van der Waals surface area contributed by atoms with Gasteiger partial charge in [-0.1, -0.05) is 18.2 Å². The average Bonchev–Trinajstić information content (AvgIpc) is 2.70. The average molecular weight is 394 g/mol. The highest BCUT2D eigenvalue weighted by Gasteiger charge is 2.32. The predicted molar refractivity (Wildman–Crippen MR) is 102 cm³/mol. The molecule has 148 valence electrons. The summed E-state index contributed by atoms with van der Waals surface area (Å²) in [5, 5.41) is 2.52. The fraction of sp³-hybridized carbons (Fsp3) is 0.190. The van der Waals surface area contributed by atoms with Gasteiger partial charge in [0.05, 0.1) is 6.42 Å². The number of anilines is 1. The first kappa shape index (κ1) is 19.9. The van der Waals surface area contributed by atoms with Gasteiger partial charge in [-0.15, -0.1) is 0 Å². The standard InChI is InChI=1S/C21H18N2O6/c1-13(24)14-6-8-16(9-7-14)22-18(25)12-29-20(27)11-23-19(26)10-15-4-2-3-5-17(15)21(23)28/h2-9H,10-12H2,1H3,(H,22,25). The first-order valence-electron chi connectivity index (χ1n) is 8.84. The van der Waals surface area contributed by atoms with Crippen LogP contribution < -0.4 is 5.32 Å². The van der Waals surface area contributed by atoms with Crippen LogP contribution in [-0.4, -0.2) is 47.5 Å². The Balaban J connectivity index is 1.52. The number of ether oxygens (including phenoxy) is 1. The molecule has 0 unspecified atom stereocenters. The van der Waals surface area contributed by atoms with Gasteiger partial charge < -0.3 is 10.1 Å². The van der Waals surface area contributed by atoms with E-state index >= 15 is 0 Å². The fourth-order valence-corrected chi connectivity index (χ4v) is 2.87. The molecule has 0 aromatic heterocycles. The first-order chi connectivity index (χ1) is 13.8. The summed E-state index contributed by atoms with van der Waals surface area (Å²) < 4.78 is 4.87. The van der Waals surface area contributed by atoms with E-state index in [1.54, 1.807) is 48.5 Å². The maximum Gasteiger partial charge on any atom is 0.326 e. The summed E-state index contributed by atoms with van der Waals surface area (Å²) in [5.74, 6) is -2.62. The van der Waals surface area contributed by atoms with Crippen molar-refractivity contribution in [1.29, 1.82) is 0 Å². The molecule has 0 atom stereocenters. The van der Waals surface area contributed by atoms with Crippen molar-refractivity contribution in [3.8, 4) is 0 Å². The summed E-state index contributed by atoms with van der Waals surface area (Å²) in [6.45, 7) is 0.302. The van der Waals surface area contributed by atoms with E-state index in [0.717, 1.165) is 4.90 Å². The molecule has 0 aliphatic carbocycles. The Morgan fingerprint density at radius 3 is 2.41 bits per heavy atom. The highest BCUT2D eigenvalue weighted by molar-refractivity contribution is 6.11. The summed E-state index contributed by atoms with van der Waals surface area (Å²) in [7, 11) is 0. The van der Waals surface area contributed by atoms with Gasteiger partial charge in [-0.3, -0.25) is 28.9 Å². The fourth-order valence-electron chi connectivity index (χ4n) is 2.87. The van der Waals surface area contributed by atoms with E-state index in [9.17, 15) is 24.0 Å². The molecular weight excluding hydrogens is 376 g/mol. The van der Waals surface area contributed by atoms with Crippen molar-refractivity contribution in [1.82, 2.24) is 4.90 Å². The number of ketones is 1. The normalized spacial score (nSPS) is 12.9. The lowest BCUT2D eigenvalue weighted by Crippen LogP contribution is -2.45. The second-order valence-corrected chi connectivity index (χ2v) is 6.46. The van der Waals surface area contributed by atoms with Crippen LogP contribution in [0.1, 0.15) is 33.2 Å². The molecule has 0 fully saturated rings. The minimum absolute atomic E-state index is 0.0198. The Morgan fingerprint density at radius 2 is 1.72 bits per heavy atom. The van der Waals surface area contributed by atoms with Crippen LogP contribution in [0.4, 0.5) is 5.69 Å². The number of hydrogen-bond donors (Lipinski definition) is 1. The molecule has 1 aliphatic heterocycles. The monoisotopic (exact) mass is 394 g/mol. The third-order valence-electron chi connectivity index (χ3n) is 4.36. The molecule has 0 spiro atoms. The van der Waals surface area contributed by atoms with E-state index in [2.05, 4.69) is 5.32 Å². The number of benzene rings is 2. The van der Waals surface area contributed by atoms with Crippen LogP contribution in [0.3, 0.4) is 0 Å². The number of rotatable bonds is 6. The molecule has 0 bridgehead atoms. The summed E-state index contributed by atoms with van der Waals surface area (Å²) in [6.07, 6.45) is 0.0198. The van der Waals surface area contributed by atoms with Crippen LogP contribution in [-0.2, 0) is 25.5 Å². The van der Waals surface area contributed by atoms with Crippen LogP contribution in [0.5, 0.6) is 0 Å². The lowest BCUT2D eigenvalue weighted by Gasteiger charge is -2.25. The van der Waals surface area contributed by atoms with E-state index in [0.29, 0.717) is 22.4 Å². The van der Waals surface area contributed by atoms with Gasteiger partial charge in [-0.2, -0.15) is 0 Å². The molecule has 0 saturated heterocycles. The van der Waals surface area contributed by atoms with Crippen LogP contribution >= 0.6 is 0 Å². The summed E-state index contributed by atoms with van der Waals surface area (Å²) in [5.41, 5.74) is 1.93. The molecule has 0 saturated carbocycles. The third-order valence-corrected chi connectivity index (χ3v) is 4.36. The third kappa shape index (κ3) is 4.73. The maximum absolute atomic E-state index is 12.4. The van der Waals surface area contributed by atoms with Crippen molar-refractivity contribution in [2.45, 2.75) is 13.3 Å². The number of nitrogens with one attached hydrogen (secondary N) is 1. The highest BCUT2D eigenvalue weighted by Crippen LogP contribution is 2.19. The van der Waals surface area contributed by atoms with Gasteiger partial charge in [-0.05, 0) is 42.8 Å². The van der Waals surface area contributed by atoms with E-state index in [1.165, 1.54) is 6.92 Å². The van der Waals surface area contributed by atoms with Crippen molar-refractivity contribution in [3.63, 3.8) is 0 Å². The molecule has 2 aromatic rings. The number of carbonyl (C=O) groups excluding carboxylic acids is 5. The predicted octanol–water partition coefficient (Wildman–Crippen LogP) is 1.60. The van der Waals surface area contributed by atoms with Gasteiger partial charge >= 0.3 is 5.97 Å². The van der Waals surface area contributed by atoms with E-state index in [-0.39, 0.29) is 12.2 Å². The van der Waals surface area contributed by atoms with Crippen molar-refractivity contribution >= 4 is 35.2 Å². The molecule has 3 amide bonds. The van der Waals surface area contributed by atoms with Crippen LogP contribution in [0.15, 0.2) is 48.5 Å². The van der Waals surface area contributed by atoms with Gasteiger partial charge in [0, 0.05) is 16.8 Å². The van der Waals surface area contributed by atoms with Gasteiger partial charge in [0.2, 0.25) is 5.91 Å². The summed E-state index contributed by atoms with van der Waals surface area (Å²) in [4.78, 5) is 60.5. The number of hydrogen-bond acceptors (Lipinski definition) is 6. The summed E-state index contributed by atoms with van der Waals surface area (Å²) >= 11 is 0.